The molecule has 0 unspecified atom stereocenters. The second kappa shape index (κ2) is 3.82. The van der Waals surface area contributed by atoms with Crippen LogP contribution in [-0.2, 0) is 18.3 Å². The van der Waals surface area contributed by atoms with Crippen LogP contribution in [0.5, 0.6) is 0 Å². The molecule has 0 radical (unpaired) electrons. The Hall–Kier alpha value is -0.850. The van der Waals surface area contributed by atoms with Gasteiger partial charge in [0.05, 0.1) is 0 Å². The lowest BCUT2D eigenvalue weighted by Crippen LogP contribution is -2.19. The third-order valence-electron chi connectivity index (χ3n) is 4.80. The van der Waals surface area contributed by atoms with Gasteiger partial charge in [-0.05, 0) is 59.6 Å². The van der Waals surface area contributed by atoms with Gasteiger partial charge in [-0.25, -0.2) is 0 Å². The van der Waals surface area contributed by atoms with E-state index < -0.39 is 0 Å². The van der Waals surface area contributed by atoms with E-state index in [-0.39, 0.29) is 5.41 Å². The van der Waals surface area contributed by atoms with Crippen LogP contribution in [0.4, 0.5) is 0 Å². The van der Waals surface area contributed by atoms with E-state index in [1.807, 2.05) is 0 Å². The van der Waals surface area contributed by atoms with Gasteiger partial charge in [0.2, 0.25) is 0 Å². The normalized spacial score (nSPS) is 26.3. The van der Waals surface area contributed by atoms with Crippen LogP contribution >= 0.6 is 0 Å². The van der Waals surface area contributed by atoms with Gasteiger partial charge >= 0.3 is 0 Å². The lowest BCUT2D eigenvalue weighted by atomic mass is 9.79. The molecule has 0 spiro atoms. The highest BCUT2D eigenvalue weighted by Gasteiger charge is 2.35. The zero-order chi connectivity index (χ0) is 13.1. The van der Waals surface area contributed by atoms with Crippen molar-refractivity contribution < 1.29 is 0 Å². The highest BCUT2D eigenvalue weighted by molar-refractivity contribution is 5.50. The Kier molecular flexibility index (Phi) is 2.59. The van der Waals surface area contributed by atoms with Crippen molar-refractivity contribution in [3.63, 3.8) is 0 Å². The number of aromatic nitrogens is 1. The maximum atomic E-state index is 5.07. The Morgan fingerprint density at radius 2 is 1.33 bits per heavy atom. The number of pyridine rings is 1. The molecular weight excluding hydrogens is 218 g/mol. The molecule has 2 aliphatic carbocycles. The predicted octanol–water partition coefficient (Wildman–Crippen LogP) is 4.48. The molecule has 1 aromatic rings. The van der Waals surface area contributed by atoms with Crippen molar-refractivity contribution in [2.45, 2.75) is 77.6 Å². The van der Waals surface area contributed by atoms with E-state index in [0.717, 1.165) is 0 Å². The topological polar surface area (TPSA) is 12.9 Å². The first-order valence-corrected chi connectivity index (χ1v) is 7.45. The summed E-state index contributed by atoms with van der Waals surface area (Å²) < 4.78 is 0. The van der Waals surface area contributed by atoms with Crippen molar-refractivity contribution in [3.05, 3.63) is 28.1 Å². The summed E-state index contributed by atoms with van der Waals surface area (Å²) in [6.07, 6.45) is 5.08. The maximum Gasteiger partial charge on any atom is 0.0470 e. The Morgan fingerprint density at radius 3 is 1.72 bits per heavy atom. The summed E-state index contributed by atoms with van der Waals surface area (Å²) in [4.78, 5) is 5.07. The fourth-order valence-corrected chi connectivity index (χ4v) is 3.92. The quantitative estimate of drug-likeness (QED) is 0.654. The van der Waals surface area contributed by atoms with Gasteiger partial charge in [-0.15, -0.1) is 0 Å². The van der Waals surface area contributed by atoms with Crippen LogP contribution in [0.1, 0.15) is 87.4 Å². The fourth-order valence-electron chi connectivity index (χ4n) is 3.92. The number of nitrogens with zero attached hydrogens (tertiary/aromatic N) is 1. The third kappa shape index (κ3) is 1.63. The first-order chi connectivity index (χ1) is 8.39. The molecule has 0 saturated heterocycles. The molecule has 0 saturated carbocycles. The van der Waals surface area contributed by atoms with Crippen molar-refractivity contribution in [2.24, 2.45) is 0 Å². The molecule has 2 atom stereocenters. The second-order valence-corrected chi connectivity index (χ2v) is 7.34. The van der Waals surface area contributed by atoms with Gasteiger partial charge in [0.15, 0.2) is 0 Å². The molecule has 1 heteroatoms. The smallest absolute Gasteiger partial charge is 0.0470 e. The summed E-state index contributed by atoms with van der Waals surface area (Å²) in [6, 6.07) is 0. The minimum absolute atomic E-state index is 0.269. The number of hydrogen-bond acceptors (Lipinski definition) is 1. The Bertz CT molecular complexity index is 457. The maximum absolute atomic E-state index is 5.07. The summed E-state index contributed by atoms with van der Waals surface area (Å²) in [6.45, 7) is 11.8. The molecule has 1 nitrogen and oxygen atoms in total. The molecule has 0 fully saturated rings. The Morgan fingerprint density at radius 1 is 0.889 bits per heavy atom. The van der Waals surface area contributed by atoms with Gasteiger partial charge in [-0.2, -0.15) is 0 Å². The number of hydrogen-bond donors (Lipinski definition) is 0. The van der Waals surface area contributed by atoms with E-state index >= 15 is 0 Å². The second-order valence-electron chi connectivity index (χ2n) is 7.34. The van der Waals surface area contributed by atoms with Gasteiger partial charge in [-0.1, -0.05) is 34.6 Å². The van der Waals surface area contributed by atoms with E-state index in [1.54, 1.807) is 16.7 Å². The third-order valence-corrected chi connectivity index (χ3v) is 4.80. The van der Waals surface area contributed by atoms with Gasteiger partial charge < -0.3 is 0 Å². The summed E-state index contributed by atoms with van der Waals surface area (Å²) in [7, 11) is 0. The van der Waals surface area contributed by atoms with Gasteiger partial charge in [0.1, 0.15) is 0 Å². The van der Waals surface area contributed by atoms with Crippen LogP contribution in [0.15, 0.2) is 0 Å². The highest BCUT2D eigenvalue weighted by Crippen LogP contribution is 2.45. The Balaban J connectivity index is 2.30. The lowest BCUT2D eigenvalue weighted by Gasteiger charge is -2.27. The van der Waals surface area contributed by atoms with E-state index in [4.69, 9.17) is 4.98 Å². The molecular formula is C17H25N. The van der Waals surface area contributed by atoms with E-state index in [1.165, 1.54) is 37.1 Å². The van der Waals surface area contributed by atoms with E-state index in [9.17, 15) is 0 Å². The molecule has 98 valence electrons. The number of rotatable bonds is 0. The average molecular weight is 243 g/mol. The summed E-state index contributed by atoms with van der Waals surface area (Å²) in [5.41, 5.74) is 7.97. The van der Waals surface area contributed by atoms with Crippen LogP contribution in [0, 0.1) is 0 Å². The Labute approximate surface area is 111 Å². The SMILES string of the molecule is C[C@@H]1CCc2c1nc1c(c2C(C)(C)C)CC[C@H]1C. The summed E-state index contributed by atoms with van der Waals surface area (Å²) in [5.74, 6) is 1.33. The van der Waals surface area contributed by atoms with Crippen molar-refractivity contribution in [3.8, 4) is 0 Å². The van der Waals surface area contributed by atoms with Crippen molar-refractivity contribution in [1.82, 2.24) is 4.98 Å². The van der Waals surface area contributed by atoms with Gasteiger partial charge in [0.25, 0.3) is 0 Å². The van der Waals surface area contributed by atoms with Crippen molar-refractivity contribution >= 4 is 0 Å². The van der Waals surface area contributed by atoms with E-state index in [2.05, 4.69) is 34.6 Å². The monoisotopic (exact) mass is 243 g/mol. The molecule has 2 aliphatic rings. The van der Waals surface area contributed by atoms with E-state index in [0.29, 0.717) is 11.8 Å². The minimum Gasteiger partial charge on any atom is -0.257 e. The van der Waals surface area contributed by atoms with Crippen molar-refractivity contribution in [2.75, 3.05) is 0 Å². The lowest BCUT2D eigenvalue weighted by molar-refractivity contribution is 0.575. The van der Waals surface area contributed by atoms with Gasteiger partial charge in [0, 0.05) is 11.4 Å². The molecule has 18 heavy (non-hydrogen) atoms. The molecule has 1 heterocycles. The van der Waals surface area contributed by atoms with Crippen molar-refractivity contribution in [1.29, 1.82) is 0 Å². The largest absolute Gasteiger partial charge is 0.257 e. The van der Waals surface area contributed by atoms with Crippen LogP contribution < -0.4 is 0 Å². The van der Waals surface area contributed by atoms with Crippen LogP contribution in [-0.4, -0.2) is 4.98 Å². The minimum atomic E-state index is 0.269. The van der Waals surface area contributed by atoms with Crippen LogP contribution in [0.2, 0.25) is 0 Å². The zero-order valence-electron chi connectivity index (χ0n) is 12.4. The summed E-state index contributed by atoms with van der Waals surface area (Å²) in [5, 5.41) is 0. The molecule has 3 rings (SSSR count). The molecule has 0 N–H and O–H groups in total. The average Bonchev–Trinajstić information content (AvgIpc) is 2.81. The first-order valence-electron chi connectivity index (χ1n) is 7.45. The number of fused-ring (bicyclic) bond motifs is 2. The molecule has 0 aromatic carbocycles. The zero-order valence-corrected chi connectivity index (χ0v) is 12.4. The van der Waals surface area contributed by atoms with Gasteiger partial charge in [-0.3, -0.25) is 4.98 Å². The fraction of sp³-hybridized carbons (Fsp3) is 0.706. The highest BCUT2D eigenvalue weighted by atomic mass is 14.8. The molecule has 1 aromatic heterocycles. The molecule has 0 amide bonds. The predicted molar refractivity (Wildman–Crippen MR) is 76.4 cm³/mol. The summed E-state index contributed by atoms with van der Waals surface area (Å²) >= 11 is 0. The first kappa shape index (κ1) is 12.2. The standard InChI is InChI=1S/C17H25N/c1-10-6-8-12-14(17(3,4)5)13-9-7-11(2)16(13)18-15(10)12/h10-11H,6-9H2,1-5H3/t10-,11-/m1/s1. The molecule has 0 bridgehead atoms. The molecule has 0 aliphatic heterocycles. The van der Waals surface area contributed by atoms with Crippen LogP contribution in [0.3, 0.4) is 0 Å². The van der Waals surface area contributed by atoms with Crippen LogP contribution in [0.25, 0.3) is 0 Å².